The maximum absolute atomic E-state index is 13.0. The highest BCUT2D eigenvalue weighted by Crippen LogP contribution is 2.25. The number of rotatable bonds is 4. The molecule has 4 aromatic rings. The average molecular weight is 442 g/mol. The highest BCUT2D eigenvalue weighted by molar-refractivity contribution is 6.01. The number of hydrogen-bond acceptors (Lipinski definition) is 5. The Morgan fingerprint density at radius 2 is 1.82 bits per heavy atom. The molecule has 0 radical (unpaired) electrons. The smallest absolute Gasteiger partial charge is 0.283 e. The first kappa shape index (κ1) is 20.6. The monoisotopic (exact) mass is 442 g/mol. The van der Waals surface area contributed by atoms with Crippen LogP contribution in [0.15, 0.2) is 65.8 Å². The maximum Gasteiger partial charge on any atom is 0.283 e. The standard InChI is InChI=1S/C24H22N6O3/c1-15-8-9-19(10-16(15)2)30-22-20(12-26-30)24(33)29(14-25-22)27-23(32)17-11-21(31)28(13-17)18-6-4-3-5-7-18/h3-10,12,14,17H,11,13H2,1-2H3,(H,27,32). The Morgan fingerprint density at radius 3 is 2.58 bits per heavy atom. The van der Waals surface area contributed by atoms with Crippen LogP contribution in [-0.2, 0) is 9.59 Å². The first-order valence-corrected chi connectivity index (χ1v) is 10.6. The second kappa shape index (κ2) is 8.01. The third-order valence-corrected chi connectivity index (χ3v) is 6.02. The number of para-hydroxylation sites is 1. The molecule has 0 saturated carbocycles. The molecule has 33 heavy (non-hydrogen) atoms. The van der Waals surface area contributed by atoms with E-state index < -0.39 is 17.4 Å². The first-order valence-electron chi connectivity index (χ1n) is 10.6. The number of carbonyl (C=O) groups excluding carboxylic acids is 2. The molecule has 3 heterocycles. The van der Waals surface area contributed by atoms with E-state index in [1.807, 2.05) is 62.4 Å². The summed E-state index contributed by atoms with van der Waals surface area (Å²) in [7, 11) is 0. The minimum atomic E-state index is -0.571. The van der Waals surface area contributed by atoms with Crippen molar-refractivity contribution in [3.8, 4) is 5.69 Å². The molecule has 9 nitrogen and oxygen atoms in total. The fourth-order valence-corrected chi connectivity index (χ4v) is 3.99. The summed E-state index contributed by atoms with van der Waals surface area (Å²) >= 11 is 0. The van der Waals surface area contributed by atoms with E-state index in [0.717, 1.165) is 27.2 Å². The number of aromatic nitrogens is 4. The van der Waals surface area contributed by atoms with E-state index >= 15 is 0 Å². The molecule has 1 fully saturated rings. The molecule has 0 bridgehead atoms. The number of anilines is 1. The lowest BCUT2D eigenvalue weighted by Crippen LogP contribution is -2.37. The quantitative estimate of drug-likeness (QED) is 0.523. The van der Waals surface area contributed by atoms with Crippen molar-refractivity contribution in [1.29, 1.82) is 0 Å². The number of benzene rings is 2. The van der Waals surface area contributed by atoms with Crippen molar-refractivity contribution < 1.29 is 9.59 Å². The predicted molar refractivity (Wildman–Crippen MR) is 124 cm³/mol. The van der Waals surface area contributed by atoms with Crippen LogP contribution in [0.2, 0.25) is 0 Å². The summed E-state index contributed by atoms with van der Waals surface area (Å²) in [5.41, 5.74) is 6.36. The van der Waals surface area contributed by atoms with Crippen LogP contribution in [0.5, 0.6) is 0 Å². The predicted octanol–water partition coefficient (Wildman–Crippen LogP) is 2.32. The van der Waals surface area contributed by atoms with Gasteiger partial charge < -0.3 is 4.90 Å². The van der Waals surface area contributed by atoms with Gasteiger partial charge in [0.1, 0.15) is 11.7 Å². The van der Waals surface area contributed by atoms with E-state index in [1.54, 1.807) is 9.58 Å². The highest BCUT2D eigenvalue weighted by atomic mass is 16.2. The molecule has 1 unspecified atom stereocenters. The Kier molecular flexibility index (Phi) is 5.01. The largest absolute Gasteiger partial charge is 0.312 e. The molecule has 9 heteroatoms. The third kappa shape index (κ3) is 3.67. The van der Waals surface area contributed by atoms with Crippen LogP contribution in [0.25, 0.3) is 16.7 Å². The van der Waals surface area contributed by atoms with Crippen molar-refractivity contribution in [2.45, 2.75) is 20.3 Å². The molecule has 1 aliphatic rings. The van der Waals surface area contributed by atoms with Gasteiger partial charge in [-0.3, -0.25) is 19.8 Å². The van der Waals surface area contributed by atoms with Crippen molar-refractivity contribution in [3.05, 3.63) is 82.5 Å². The normalized spacial score (nSPS) is 15.9. The SMILES string of the molecule is Cc1ccc(-n2ncc3c(=O)n(NC(=O)C4CC(=O)N(c5ccccc5)C4)cnc32)cc1C. The van der Waals surface area contributed by atoms with Crippen LogP contribution < -0.4 is 15.9 Å². The van der Waals surface area contributed by atoms with Gasteiger partial charge in [-0.15, -0.1) is 0 Å². The van der Waals surface area contributed by atoms with Crippen LogP contribution >= 0.6 is 0 Å². The lowest BCUT2D eigenvalue weighted by atomic mass is 10.1. The molecule has 0 aliphatic carbocycles. The lowest BCUT2D eigenvalue weighted by molar-refractivity contribution is -0.123. The Labute approximate surface area is 189 Å². The summed E-state index contributed by atoms with van der Waals surface area (Å²) in [6, 6.07) is 15.1. The minimum absolute atomic E-state index is 0.0792. The van der Waals surface area contributed by atoms with Crippen molar-refractivity contribution in [2.24, 2.45) is 5.92 Å². The van der Waals surface area contributed by atoms with Crippen LogP contribution in [0.1, 0.15) is 17.5 Å². The van der Waals surface area contributed by atoms with Gasteiger partial charge in [-0.1, -0.05) is 24.3 Å². The second-order valence-corrected chi connectivity index (χ2v) is 8.20. The van der Waals surface area contributed by atoms with Gasteiger partial charge in [-0.25, -0.2) is 14.3 Å². The Morgan fingerprint density at radius 1 is 1.03 bits per heavy atom. The molecule has 1 aliphatic heterocycles. The number of fused-ring (bicyclic) bond motifs is 1. The number of nitrogens with one attached hydrogen (secondary N) is 1. The fraction of sp³-hybridized carbons (Fsp3) is 0.208. The van der Waals surface area contributed by atoms with E-state index in [2.05, 4.69) is 15.5 Å². The van der Waals surface area contributed by atoms with Crippen LogP contribution in [-0.4, -0.2) is 37.8 Å². The van der Waals surface area contributed by atoms with Crippen molar-refractivity contribution in [2.75, 3.05) is 16.9 Å². The number of aryl methyl sites for hydroxylation is 2. The number of hydrogen-bond donors (Lipinski definition) is 1. The number of nitrogens with zero attached hydrogens (tertiary/aromatic N) is 5. The Hall–Kier alpha value is -4.27. The minimum Gasteiger partial charge on any atom is -0.312 e. The zero-order valence-corrected chi connectivity index (χ0v) is 18.2. The average Bonchev–Trinajstić information content (AvgIpc) is 3.42. The third-order valence-electron chi connectivity index (χ3n) is 6.02. The van der Waals surface area contributed by atoms with Gasteiger partial charge in [0.05, 0.1) is 17.8 Å². The van der Waals surface area contributed by atoms with Gasteiger partial charge in [0, 0.05) is 18.7 Å². The first-order chi connectivity index (χ1) is 15.9. The van der Waals surface area contributed by atoms with Gasteiger partial charge in [-0.05, 0) is 49.2 Å². The van der Waals surface area contributed by atoms with Crippen molar-refractivity contribution in [3.63, 3.8) is 0 Å². The molecular weight excluding hydrogens is 420 g/mol. The molecular formula is C24H22N6O3. The molecule has 1 atom stereocenters. The summed E-state index contributed by atoms with van der Waals surface area (Å²) in [6.45, 7) is 4.29. The van der Waals surface area contributed by atoms with Crippen molar-refractivity contribution >= 4 is 28.5 Å². The number of amides is 2. The van der Waals surface area contributed by atoms with E-state index in [-0.39, 0.29) is 24.3 Å². The van der Waals surface area contributed by atoms with Gasteiger partial charge >= 0.3 is 0 Å². The molecule has 2 amide bonds. The van der Waals surface area contributed by atoms with Gasteiger partial charge in [0.25, 0.3) is 5.56 Å². The highest BCUT2D eigenvalue weighted by Gasteiger charge is 2.35. The molecule has 1 N–H and O–H groups in total. The van der Waals surface area contributed by atoms with E-state index in [4.69, 9.17) is 0 Å². The zero-order valence-electron chi connectivity index (χ0n) is 18.2. The number of carbonyl (C=O) groups is 2. The summed E-state index contributed by atoms with van der Waals surface area (Å²) in [4.78, 5) is 44.2. The Balaban J connectivity index is 1.38. The van der Waals surface area contributed by atoms with Crippen LogP contribution in [0.4, 0.5) is 5.69 Å². The molecule has 0 spiro atoms. The zero-order chi connectivity index (χ0) is 23.1. The topological polar surface area (TPSA) is 102 Å². The second-order valence-electron chi connectivity index (χ2n) is 8.20. The van der Waals surface area contributed by atoms with Crippen molar-refractivity contribution in [1.82, 2.24) is 19.4 Å². The molecule has 2 aromatic carbocycles. The van der Waals surface area contributed by atoms with E-state index in [0.29, 0.717) is 5.65 Å². The molecule has 166 valence electrons. The summed E-state index contributed by atoms with van der Waals surface area (Å²) in [5.74, 6) is -1.11. The summed E-state index contributed by atoms with van der Waals surface area (Å²) in [6.07, 6.45) is 2.79. The molecule has 5 rings (SSSR count). The summed E-state index contributed by atoms with van der Waals surface area (Å²) in [5, 5.41) is 4.61. The van der Waals surface area contributed by atoms with Gasteiger partial charge in [0.15, 0.2) is 5.65 Å². The van der Waals surface area contributed by atoms with Gasteiger partial charge in [0.2, 0.25) is 11.8 Å². The van der Waals surface area contributed by atoms with Crippen LogP contribution in [0, 0.1) is 19.8 Å². The maximum atomic E-state index is 13.0. The lowest BCUT2D eigenvalue weighted by Gasteiger charge is -2.16. The van der Waals surface area contributed by atoms with Crippen LogP contribution in [0.3, 0.4) is 0 Å². The molecule has 1 saturated heterocycles. The fourth-order valence-electron chi connectivity index (χ4n) is 3.99. The van der Waals surface area contributed by atoms with E-state index in [9.17, 15) is 14.4 Å². The van der Waals surface area contributed by atoms with Gasteiger partial charge in [-0.2, -0.15) is 5.10 Å². The Bertz CT molecular complexity index is 1440. The van der Waals surface area contributed by atoms with E-state index in [1.165, 1.54) is 12.5 Å². The molecule has 2 aromatic heterocycles. The summed E-state index contributed by atoms with van der Waals surface area (Å²) < 4.78 is 2.65.